The molecule has 2 N–H and O–H groups in total. The van der Waals surface area contributed by atoms with Gasteiger partial charge in [-0.2, -0.15) is 0 Å². The van der Waals surface area contributed by atoms with E-state index in [1.807, 2.05) is 24.3 Å². The summed E-state index contributed by atoms with van der Waals surface area (Å²) < 4.78 is 5.97. The van der Waals surface area contributed by atoms with Gasteiger partial charge in [-0.1, -0.05) is 25.0 Å². The number of carbonyl (C=O) groups excluding carboxylic acids is 1. The standard InChI is InChI=1S/C24H32N2O2/c27-24(26-22-7-1-2-8-22)21-10-9-20-16-23(12-11-19(20)15-21)28-14-4-6-18-5-3-13-25-17-18/h9-12,15-16,18,22,25H,1-8,13-14,17H2,(H,26,27). The first kappa shape index (κ1) is 19.3. The number of carbonyl (C=O) groups is 1. The van der Waals surface area contributed by atoms with Gasteiger partial charge >= 0.3 is 0 Å². The predicted octanol–water partition coefficient (Wildman–Crippen LogP) is 4.67. The van der Waals surface area contributed by atoms with Gasteiger partial charge in [0.1, 0.15) is 5.75 Å². The monoisotopic (exact) mass is 380 g/mol. The summed E-state index contributed by atoms with van der Waals surface area (Å²) in [5, 5.41) is 8.84. The molecule has 2 aromatic carbocycles. The first-order valence-electron chi connectivity index (χ1n) is 11.0. The van der Waals surface area contributed by atoms with Gasteiger partial charge in [0, 0.05) is 11.6 Å². The number of rotatable bonds is 7. The van der Waals surface area contributed by atoms with Crippen LogP contribution in [0.3, 0.4) is 0 Å². The van der Waals surface area contributed by atoms with E-state index in [1.165, 1.54) is 38.6 Å². The molecule has 2 aromatic rings. The fourth-order valence-corrected chi connectivity index (χ4v) is 4.53. The Balaban J connectivity index is 1.30. The molecule has 1 saturated heterocycles. The second-order valence-electron chi connectivity index (χ2n) is 8.38. The molecule has 0 radical (unpaired) electrons. The van der Waals surface area contributed by atoms with Gasteiger partial charge < -0.3 is 15.4 Å². The molecule has 2 fully saturated rings. The highest BCUT2D eigenvalue weighted by atomic mass is 16.5. The van der Waals surface area contributed by atoms with Gasteiger partial charge in [0.2, 0.25) is 0 Å². The summed E-state index contributed by atoms with van der Waals surface area (Å²) in [7, 11) is 0. The molecular formula is C24H32N2O2. The Morgan fingerprint density at radius 1 is 1.04 bits per heavy atom. The van der Waals surface area contributed by atoms with Crippen LogP contribution in [0.15, 0.2) is 36.4 Å². The van der Waals surface area contributed by atoms with E-state index in [4.69, 9.17) is 4.74 Å². The van der Waals surface area contributed by atoms with Crippen molar-refractivity contribution < 1.29 is 9.53 Å². The Kier molecular flexibility index (Phi) is 6.48. The molecule has 1 aliphatic carbocycles. The minimum absolute atomic E-state index is 0.0475. The fraction of sp³-hybridized carbons (Fsp3) is 0.542. The van der Waals surface area contributed by atoms with E-state index in [-0.39, 0.29) is 5.91 Å². The van der Waals surface area contributed by atoms with Crippen molar-refractivity contribution in [3.63, 3.8) is 0 Å². The Morgan fingerprint density at radius 2 is 1.86 bits per heavy atom. The van der Waals surface area contributed by atoms with Crippen LogP contribution in [-0.2, 0) is 0 Å². The van der Waals surface area contributed by atoms with E-state index < -0.39 is 0 Å². The van der Waals surface area contributed by atoms with Crippen molar-refractivity contribution in [3.05, 3.63) is 42.0 Å². The van der Waals surface area contributed by atoms with Gasteiger partial charge in [0.05, 0.1) is 6.61 Å². The van der Waals surface area contributed by atoms with Crippen molar-refractivity contribution in [2.24, 2.45) is 5.92 Å². The summed E-state index contributed by atoms with van der Waals surface area (Å²) >= 11 is 0. The summed E-state index contributed by atoms with van der Waals surface area (Å²) in [5.74, 6) is 1.77. The molecule has 4 rings (SSSR count). The van der Waals surface area contributed by atoms with E-state index >= 15 is 0 Å². The number of hydrogen-bond acceptors (Lipinski definition) is 3. The molecule has 2 aliphatic rings. The Labute approximate surface area is 168 Å². The van der Waals surface area contributed by atoms with E-state index in [0.29, 0.717) is 6.04 Å². The topological polar surface area (TPSA) is 50.4 Å². The highest BCUT2D eigenvalue weighted by Crippen LogP contribution is 2.24. The lowest BCUT2D eigenvalue weighted by atomic mass is 9.95. The SMILES string of the molecule is O=C(NC1CCCC1)c1ccc2cc(OCCCC3CCCNC3)ccc2c1. The second-order valence-corrected chi connectivity index (χ2v) is 8.38. The Morgan fingerprint density at radius 3 is 2.68 bits per heavy atom. The first-order valence-corrected chi connectivity index (χ1v) is 11.0. The average molecular weight is 381 g/mol. The van der Waals surface area contributed by atoms with Crippen LogP contribution < -0.4 is 15.4 Å². The summed E-state index contributed by atoms with van der Waals surface area (Å²) in [5.41, 5.74) is 0.745. The van der Waals surface area contributed by atoms with Crippen LogP contribution >= 0.6 is 0 Å². The summed E-state index contributed by atoms with van der Waals surface area (Å²) in [4.78, 5) is 12.5. The molecule has 4 nitrogen and oxygen atoms in total. The highest BCUT2D eigenvalue weighted by molar-refractivity contribution is 5.99. The van der Waals surface area contributed by atoms with Gasteiger partial charge in [-0.25, -0.2) is 0 Å². The smallest absolute Gasteiger partial charge is 0.251 e. The largest absolute Gasteiger partial charge is 0.494 e. The van der Waals surface area contributed by atoms with Gasteiger partial charge in [0.15, 0.2) is 0 Å². The maximum absolute atomic E-state index is 12.5. The lowest BCUT2D eigenvalue weighted by Crippen LogP contribution is -2.32. The number of ether oxygens (including phenoxy) is 1. The summed E-state index contributed by atoms with van der Waals surface area (Å²) in [6, 6.07) is 12.4. The number of amides is 1. The molecule has 1 saturated carbocycles. The molecule has 0 bridgehead atoms. The van der Waals surface area contributed by atoms with E-state index in [2.05, 4.69) is 22.8 Å². The van der Waals surface area contributed by atoms with Crippen molar-refractivity contribution in [2.45, 2.75) is 57.4 Å². The van der Waals surface area contributed by atoms with Crippen molar-refractivity contribution in [1.82, 2.24) is 10.6 Å². The predicted molar refractivity (Wildman–Crippen MR) is 114 cm³/mol. The third-order valence-electron chi connectivity index (χ3n) is 6.19. The van der Waals surface area contributed by atoms with Crippen LogP contribution in [0.5, 0.6) is 5.75 Å². The van der Waals surface area contributed by atoms with Gasteiger partial charge in [-0.05, 0) is 92.6 Å². The summed E-state index contributed by atoms with van der Waals surface area (Å²) in [6.45, 7) is 3.10. The number of fused-ring (bicyclic) bond motifs is 1. The molecule has 28 heavy (non-hydrogen) atoms. The van der Waals surface area contributed by atoms with E-state index in [1.54, 1.807) is 0 Å². The zero-order valence-corrected chi connectivity index (χ0v) is 16.7. The van der Waals surface area contributed by atoms with Crippen LogP contribution in [0, 0.1) is 5.92 Å². The molecule has 1 unspecified atom stereocenters. The highest BCUT2D eigenvalue weighted by Gasteiger charge is 2.18. The van der Waals surface area contributed by atoms with Crippen molar-refractivity contribution in [3.8, 4) is 5.75 Å². The molecule has 150 valence electrons. The minimum Gasteiger partial charge on any atom is -0.494 e. The molecule has 0 spiro atoms. The molecule has 1 amide bonds. The molecule has 0 aromatic heterocycles. The number of piperidine rings is 1. The van der Waals surface area contributed by atoms with E-state index in [0.717, 1.165) is 60.4 Å². The molecular weight excluding hydrogens is 348 g/mol. The van der Waals surface area contributed by atoms with Crippen LogP contribution in [-0.4, -0.2) is 31.6 Å². The quantitative estimate of drug-likeness (QED) is 0.686. The lowest BCUT2D eigenvalue weighted by Gasteiger charge is -2.22. The fourth-order valence-electron chi connectivity index (χ4n) is 4.53. The minimum atomic E-state index is 0.0475. The van der Waals surface area contributed by atoms with Crippen molar-refractivity contribution in [1.29, 1.82) is 0 Å². The lowest BCUT2D eigenvalue weighted by molar-refractivity contribution is 0.0938. The maximum Gasteiger partial charge on any atom is 0.251 e. The normalized spacial score (nSPS) is 20.4. The number of benzene rings is 2. The first-order chi connectivity index (χ1) is 13.8. The number of hydrogen-bond donors (Lipinski definition) is 2. The van der Waals surface area contributed by atoms with Crippen molar-refractivity contribution >= 4 is 16.7 Å². The summed E-state index contributed by atoms with van der Waals surface area (Å²) in [6.07, 6.45) is 9.65. The van der Waals surface area contributed by atoms with Gasteiger partial charge in [-0.3, -0.25) is 4.79 Å². The van der Waals surface area contributed by atoms with Crippen LogP contribution in [0.25, 0.3) is 10.8 Å². The molecule has 4 heteroatoms. The molecule has 1 atom stereocenters. The van der Waals surface area contributed by atoms with Crippen molar-refractivity contribution in [2.75, 3.05) is 19.7 Å². The molecule has 1 heterocycles. The number of nitrogens with one attached hydrogen (secondary N) is 2. The van der Waals surface area contributed by atoms with Crippen LogP contribution in [0.4, 0.5) is 0 Å². The van der Waals surface area contributed by atoms with Crippen LogP contribution in [0.2, 0.25) is 0 Å². The third kappa shape index (κ3) is 5.05. The Bertz CT molecular complexity index is 792. The molecule has 1 aliphatic heterocycles. The van der Waals surface area contributed by atoms with Crippen LogP contribution in [0.1, 0.15) is 61.7 Å². The Hall–Kier alpha value is -2.07. The zero-order valence-electron chi connectivity index (χ0n) is 16.7. The maximum atomic E-state index is 12.5. The van der Waals surface area contributed by atoms with Gasteiger partial charge in [0.25, 0.3) is 5.91 Å². The zero-order chi connectivity index (χ0) is 19.2. The third-order valence-corrected chi connectivity index (χ3v) is 6.19. The average Bonchev–Trinajstić information content (AvgIpc) is 3.24. The van der Waals surface area contributed by atoms with Gasteiger partial charge in [-0.15, -0.1) is 0 Å². The van der Waals surface area contributed by atoms with E-state index in [9.17, 15) is 4.79 Å². The second kappa shape index (κ2) is 9.42.